The molecular formula is C17H21BrNO3-. The van der Waals surface area contributed by atoms with Crippen molar-refractivity contribution >= 4 is 22.6 Å². The van der Waals surface area contributed by atoms with Gasteiger partial charge in [0.2, 0.25) is 0 Å². The van der Waals surface area contributed by atoms with Crippen molar-refractivity contribution < 1.29 is 31.6 Å². The molecule has 0 unspecified atom stereocenters. The summed E-state index contributed by atoms with van der Waals surface area (Å²) in [7, 11) is 1.61. The van der Waals surface area contributed by atoms with Gasteiger partial charge in [-0.1, -0.05) is 18.2 Å². The highest BCUT2D eigenvalue weighted by molar-refractivity contribution is 6.02. The van der Waals surface area contributed by atoms with Crippen molar-refractivity contribution in [2.75, 3.05) is 20.2 Å². The third-order valence-corrected chi connectivity index (χ3v) is 4.17. The average molecular weight is 367 g/mol. The number of methoxy groups -OCH3 is 1. The van der Waals surface area contributed by atoms with Gasteiger partial charge >= 0.3 is 0 Å². The van der Waals surface area contributed by atoms with Gasteiger partial charge in [-0.25, -0.2) is 4.48 Å². The Balaban J connectivity index is 0.00000242. The van der Waals surface area contributed by atoms with Crippen LogP contribution in [0.3, 0.4) is 0 Å². The molecule has 120 valence electrons. The number of fused-ring (bicyclic) bond motifs is 1. The summed E-state index contributed by atoms with van der Waals surface area (Å²) in [5.41, 5.74) is 1.80. The van der Waals surface area contributed by atoms with E-state index in [4.69, 9.17) is 4.74 Å². The summed E-state index contributed by atoms with van der Waals surface area (Å²) >= 11 is 0. The normalized spacial score (nSPS) is 11.1. The Morgan fingerprint density at radius 3 is 2.36 bits per heavy atom. The van der Waals surface area contributed by atoms with Crippen molar-refractivity contribution in [3.63, 3.8) is 0 Å². The molecule has 22 heavy (non-hydrogen) atoms. The number of benzene rings is 2. The van der Waals surface area contributed by atoms with Crippen LogP contribution in [0.5, 0.6) is 5.75 Å². The second kappa shape index (κ2) is 7.11. The van der Waals surface area contributed by atoms with Crippen LogP contribution in [-0.4, -0.2) is 26.3 Å². The van der Waals surface area contributed by atoms with Crippen LogP contribution in [0.1, 0.15) is 19.4 Å². The molecule has 1 amide bonds. The maximum Gasteiger partial charge on any atom is 0.262 e. The summed E-state index contributed by atoms with van der Waals surface area (Å²) < 4.78 is 5.28. The fraction of sp³-hybridized carbons (Fsp3) is 0.353. The van der Waals surface area contributed by atoms with Gasteiger partial charge in [0.05, 0.1) is 25.6 Å². The van der Waals surface area contributed by atoms with Gasteiger partial charge in [0, 0.05) is 6.07 Å². The molecule has 0 aliphatic heterocycles. The molecule has 4 nitrogen and oxygen atoms in total. The quantitative estimate of drug-likeness (QED) is 0.707. The van der Waals surface area contributed by atoms with Crippen molar-refractivity contribution in [1.82, 2.24) is 4.48 Å². The summed E-state index contributed by atoms with van der Waals surface area (Å²) in [6, 6.07) is 9.68. The molecule has 2 aromatic rings. The first-order valence-electron chi connectivity index (χ1n) is 7.16. The minimum absolute atomic E-state index is 0. The Bertz CT molecular complexity index is 681. The second-order valence-corrected chi connectivity index (χ2v) is 5.21. The largest absolute Gasteiger partial charge is 1.00 e. The number of hydrogen-bond acceptors (Lipinski definition) is 3. The van der Waals surface area contributed by atoms with Crippen LogP contribution in [0, 0.1) is 6.92 Å². The molecule has 2 rings (SSSR count). The molecule has 0 aliphatic rings. The van der Waals surface area contributed by atoms with E-state index in [1.165, 1.54) is 0 Å². The summed E-state index contributed by atoms with van der Waals surface area (Å²) in [6.45, 7) is 6.57. The van der Waals surface area contributed by atoms with Gasteiger partial charge in [-0.3, -0.25) is 0 Å². The van der Waals surface area contributed by atoms with Crippen molar-refractivity contribution in [1.29, 1.82) is 0 Å². The van der Waals surface area contributed by atoms with E-state index in [9.17, 15) is 9.90 Å². The highest BCUT2D eigenvalue weighted by Gasteiger charge is 2.32. The van der Waals surface area contributed by atoms with Crippen molar-refractivity contribution in [2.24, 2.45) is 0 Å². The summed E-state index contributed by atoms with van der Waals surface area (Å²) in [6.07, 6.45) is -1.09. The van der Waals surface area contributed by atoms with E-state index >= 15 is 0 Å². The van der Waals surface area contributed by atoms with Crippen LogP contribution in [0.2, 0.25) is 0 Å². The molecule has 0 aromatic heterocycles. The number of rotatable bonds is 4. The predicted molar refractivity (Wildman–Crippen MR) is 83.5 cm³/mol. The van der Waals surface area contributed by atoms with Crippen LogP contribution in [-0.2, 0) is 0 Å². The number of halogens is 1. The van der Waals surface area contributed by atoms with Crippen molar-refractivity contribution in [3.05, 3.63) is 35.9 Å². The lowest BCUT2D eigenvalue weighted by atomic mass is 10.0. The van der Waals surface area contributed by atoms with Gasteiger partial charge in [0.1, 0.15) is 5.75 Å². The molecule has 0 atom stereocenters. The number of ether oxygens (including phenoxy) is 1. The highest BCUT2D eigenvalue weighted by Crippen LogP contribution is 2.38. The third-order valence-electron chi connectivity index (χ3n) is 4.17. The van der Waals surface area contributed by atoms with E-state index < -0.39 is 6.09 Å². The first-order chi connectivity index (χ1) is 10.00. The van der Waals surface area contributed by atoms with E-state index in [-0.39, 0.29) is 21.5 Å². The van der Waals surface area contributed by atoms with Gasteiger partial charge in [0.25, 0.3) is 6.09 Å². The molecule has 0 fully saturated rings. The standard InChI is InChI=1S/C17H21NO3.BrH/c1-5-18(6-2,17(19)20)14-9-7-8-13-10-12(3)11-15(21-4)16(13)14;/h7-11H,5-6H2,1-4H3;1H/p-1. The number of carbonyl (C=O) groups excluding carboxylic acids is 1. The molecule has 0 bridgehead atoms. The zero-order valence-electron chi connectivity index (χ0n) is 13.4. The number of carboxylic acid groups (broad SMARTS) is 1. The van der Waals surface area contributed by atoms with Gasteiger partial charge in [-0.05, 0) is 37.8 Å². The van der Waals surface area contributed by atoms with Crippen molar-refractivity contribution in [2.45, 2.75) is 20.8 Å². The molecule has 2 aromatic carbocycles. The van der Waals surface area contributed by atoms with Gasteiger partial charge < -0.3 is 31.6 Å². The molecule has 0 aliphatic carbocycles. The molecule has 5 heteroatoms. The lowest BCUT2D eigenvalue weighted by molar-refractivity contribution is -0.263. The summed E-state index contributed by atoms with van der Waals surface area (Å²) in [5.74, 6) is 0.700. The predicted octanol–water partition coefficient (Wildman–Crippen LogP) is -0.149. The maximum atomic E-state index is 11.8. The molecule has 0 heterocycles. The number of carbonyl (C=O) groups is 1. The van der Waals surface area contributed by atoms with E-state index in [1.807, 2.05) is 51.1 Å². The molecule has 0 radical (unpaired) electrons. The second-order valence-electron chi connectivity index (χ2n) is 5.21. The Kier molecular flexibility index (Phi) is 5.97. The molecule has 0 spiro atoms. The Labute approximate surface area is 141 Å². The minimum atomic E-state index is -1.09. The lowest BCUT2D eigenvalue weighted by Crippen LogP contribution is -3.00. The van der Waals surface area contributed by atoms with Crippen molar-refractivity contribution in [3.8, 4) is 5.75 Å². The first kappa shape index (κ1) is 18.5. The summed E-state index contributed by atoms with van der Waals surface area (Å²) in [5, 5.41) is 13.6. The number of nitrogens with zero attached hydrogens (tertiary/aromatic N) is 1. The highest BCUT2D eigenvalue weighted by atomic mass is 79.9. The molecule has 0 saturated carbocycles. The fourth-order valence-corrected chi connectivity index (χ4v) is 2.95. The monoisotopic (exact) mass is 366 g/mol. The number of hydrogen-bond donors (Lipinski definition) is 0. The molecular weight excluding hydrogens is 346 g/mol. The van der Waals surface area contributed by atoms with E-state index in [0.717, 1.165) is 16.3 Å². The number of aryl methyl sites for hydroxylation is 1. The van der Waals surface area contributed by atoms with Gasteiger partial charge in [-0.2, -0.15) is 0 Å². The van der Waals surface area contributed by atoms with Crippen LogP contribution >= 0.6 is 0 Å². The van der Waals surface area contributed by atoms with E-state index in [1.54, 1.807) is 7.11 Å². The maximum absolute atomic E-state index is 11.8. The van der Waals surface area contributed by atoms with E-state index in [2.05, 4.69) is 0 Å². The zero-order valence-corrected chi connectivity index (χ0v) is 14.9. The van der Waals surface area contributed by atoms with Crippen LogP contribution in [0.15, 0.2) is 30.3 Å². The van der Waals surface area contributed by atoms with Crippen LogP contribution in [0.25, 0.3) is 10.8 Å². The summed E-state index contributed by atoms with van der Waals surface area (Å²) in [4.78, 5) is 11.8. The molecule has 0 saturated heterocycles. The topological polar surface area (TPSA) is 49.4 Å². The van der Waals surface area contributed by atoms with Crippen LogP contribution in [0.4, 0.5) is 10.5 Å². The zero-order chi connectivity index (χ0) is 15.6. The van der Waals surface area contributed by atoms with Crippen LogP contribution < -0.4 is 31.3 Å². The SMILES string of the molecule is CC[N+](CC)(C(=O)[O-])c1cccc2cc(C)cc(OC)c12.[Br-]. The minimum Gasteiger partial charge on any atom is -1.00 e. The first-order valence-corrected chi connectivity index (χ1v) is 7.16. The Morgan fingerprint density at radius 2 is 1.86 bits per heavy atom. The average Bonchev–Trinajstić information content (AvgIpc) is 2.47. The Hall–Kier alpha value is -1.59. The third kappa shape index (κ3) is 2.83. The van der Waals surface area contributed by atoms with E-state index in [0.29, 0.717) is 24.5 Å². The Morgan fingerprint density at radius 1 is 1.23 bits per heavy atom. The number of quaternary nitrogens is 1. The molecule has 0 N–H and O–H groups in total. The van der Waals surface area contributed by atoms with Gasteiger partial charge in [0.15, 0.2) is 5.69 Å². The number of amides is 1. The van der Waals surface area contributed by atoms with Gasteiger partial charge in [-0.15, -0.1) is 0 Å². The fourth-order valence-electron chi connectivity index (χ4n) is 2.95. The lowest BCUT2D eigenvalue weighted by Gasteiger charge is -2.36. The smallest absolute Gasteiger partial charge is 0.262 e.